The van der Waals surface area contributed by atoms with E-state index < -0.39 is 5.82 Å². The van der Waals surface area contributed by atoms with Crippen LogP contribution in [0.2, 0.25) is 0 Å². The molecule has 3 nitrogen and oxygen atoms in total. The van der Waals surface area contributed by atoms with E-state index in [1.165, 1.54) is 24.5 Å². The summed E-state index contributed by atoms with van der Waals surface area (Å²) in [6.45, 7) is 0. The molecule has 0 bridgehead atoms. The molecule has 0 N–H and O–H groups in total. The Bertz CT molecular complexity index is 391. The third-order valence-corrected chi connectivity index (χ3v) is 1.52. The second kappa shape index (κ2) is 4.38. The van der Waals surface area contributed by atoms with Crippen LogP contribution in [-0.2, 0) is 0 Å². The van der Waals surface area contributed by atoms with Gasteiger partial charge in [0.15, 0.2) is 0 Å². The molecule has 1 aromatic rings. The molecule has 14 heavy (non-hydrogen) atoms. The molecule has 1 aromatic heterocycles. The number of nitriles is 1. The minimum Gasteiger partial charge on any atom is -0.382 e. The summed E-state index contributed by atoms with van der Waals surface area (Å²) in [6, 6.07) is 4.68. The number of nitrogens with zero attached hydrogens (tertiary/aromatic N) is 3. The summed E-state index contributed by atoms with van der Waals surface area (Å²) < 4.78 is 13.2. The fourth-order valence-electron chi connectivity index (χ4n) is 0.985. The Balaban J connectivity index is 3.16. The Hall–Kier alpha value is -1.89. The molecule has 0 saturated carbocycles. The van der Waals surface area contributed by atoms with Gasteiger partial charge in [0.05, 0.1) is 5.57 Å². The predicted molar refractivity (Wildman–Crippen MR) is 51.5 cm³/mol. The molecule has 0 radical (unpaired) electrons. The van der Waals surface area contributed by atoms with E-state index in [-0.39, 0.29) is 11.3 Å². The smallest absolute Gasteiger partial charge is 0.150 e. The van der Waals surface area contributed by atoms with Gasteiger partial charge in [-0.15, -0.1) is 0 Å². The minimum atomic E-state index is -0.484. The number of aromatic nitrogens is 1. The van der Waals surface area contributed by atoms with E-state index in [1.807, 2.05) is 6.07 Å². The first-order valence-electron chi connectivity index (χ1n) is 4.04. The van der Waals surface area contributed by atoms with Crippen LogP contribution in [0.1, 0.15) is 5.69 Å². The maximum absolute atomic E-state index is 13.2. The van der Waals surface area contributed by atoms with Gasteiger partial charge in [-0.25, -0.2) is 4.39 Å². The number of pyridine rings is 1. The van der Waals surface area contributed by atoms with Gasteiger partial charge in [-0.1, -0.05) is 0 Å². The van der Waals surface area contributed by atoms with Gasteiger partial charge < -0.3 is 4.90 Å². The molecule has 1 rings (SSSR count). The molecule has 0 fully saturated rings. The van der Waals surface area contributed by atoms with E-state index in [0.29, 0.717) is 0 Å². The van der Waals surface area contributed by atoms with Crippen LogP contribution in [0.5, 0.6) is 0 Å². The first kappa shape index (κ1) is 10.2. The van der Waals surface area contributed by atoms with E-state index in [4.69, 9.17) is 5.26 Å². The van der Waals surface area contributed by atoms with Crippen molar-refractivity contribution in [1.29, 1.82) is 5.26 Å². The molecule has 0 aliphatic carbocycles. The Labute approximate surface area is 82.1 Å². The molecular formula is C10H10FN3. The van der Waals surface area contributed by atoms with Gasteiger partial charge in [0.1, 0.15) is 17.6 Å². The zero-order valence-electron chi connectivity index (χ0n) is 8.03. The maximum Gasteiger partial charge on any atom is 0.150 e. The summed E-state index contributed by atoms with van der Waals surface area (Å²) in [7, 11) is 3.52. The van der Waals surface area contributed by atoms with Crippen LogP contribution in [0.3, 0.4) is 0 Å². The van der Waals surface area contributed by atoms with Crippen LogP contribution in [0.25, 0.3) is 5.57 Å². The SMILES string of the molecule is CN(C)C=C(C#N)c1ncccc1F. The van der Waals surface area contributed by atoms with E-state index in [0.717, 1.165) is 0 Å². The summed E-state index contributed by atoms with van der Waals surface area (Å²) in [5, 5.41) is 8.80. The van der Waals surface area contributed by atoms with Crippen molar-refractivity contribution in [3.8, 4) is 6.07 Å². The van der Waals surface area contributed by atoms with Crippen molar-refractivity contribution in [1.82, 2.24) is 9.88 Å². The standard InChI is InChI=1S/C10H10FN3/c1-14(2)7-8(6-12)10-9(11)4-3-5-13-10/h3-5,7H,1-2H3. The highest BCUT2D eigenvalue weighted by atomic mass is 19.1. The van der Waals surface area contributed by atoms with E-state index in [1.54, 1.807) is 19.0 Å². The first-order chi connectivity index (χ1) is 6.65. The lowest BCUT2D eigenvalue weighted by Gasteiger charge is -2.06. The fraction of sp³-hybridized carbons (Fsp3) is 0.200. The molecule has 0 saturated heterocycles. The third kappa shape index (κ3) is 2.30. The molecule has 0 aromatic carbocycles. The van der Waals surface area contributed by atoms with Gasteiger partial charge in [-0.3, -0.25) is 4.98 Å². The Morgan fingerprint density at radius 3 is 2.86 bits per heavy atom. The summed E-state index contributed by atoms with van der Waals surface area (Å²) in [5.74, 6) is -0.484. The van der Waals surface area contributed by atoms with Crippen molar-refractivity contribution in [3.05, 3.63) is 36.0 Å². The highest BCUT2D eigenvalue weighted by molar-refractivity contribution is 5.74. The predicted octanol–water partition coefficient (Wildman–Crippen LogP) is 1.65. The topological polar surface area (TPSA) is 39.9 Å². The largest absolute Gasteiger partial charge is 0.382 e. The number of hydrogen-bond donors (Lipinski definition) is 0. The Morgan fingerprint density at radius 1 is 1.64 bits per heavy atom. The lowest BCUT2D eigenvalue weighted by molar-refractivity contribution is 0.564. The molecular weight excluding hydrogens is 181 g/mol. The molecule has 0 amide bonds. The number of rotatable bonds is 2. The highest BCUT2D eigenvalue weighted by Gasteiger charge is 2.08. The Morgan fingerprint density at radius 2 is 2.36 bits per heavy atom. The van der Waals surface area contributed by atoms with Gasteiger partial charge in [0, 0.05) is 26.5 Å². The Kier molecular flexibility index (Phi) is 3.19. The van der Waals surface area contributed by atoms with Gasteiger partial charge >= 0.3 is 0 Å². The molecule has 0 aliphatic heterocycles. The quantitative estimate of drug-likeness (QED) is 0.667. The van der Waals surface area contributed by atoms with Crippen LogP contribution in [-0.4, -0.2) is 24.0 Å². The van der Waals surface area contributed by atoms with E-state index >= 15 is 0 Å². The second-order valence-corrected chi connectivity index (χ2v) is 2.95. The van der Waals surface area contributed by atoms with Crippen molar-refractivity contribution in [3.63, 3.8) is 0 Å². The van der Waals surface area contributed by atoms with Gasteiger partial charge in [-0.05, 0) is 12.1 Å². The van der Waals surface area contributed by atoms with Crippen LogP contribution < -0.4 is 0 Å². The molecule has 0 unspecified atom stereocenters. The number of halogens is 1. The monoisotopic (exact) mass is 191 g/mol. The maximum atomic E-state index is 13.2. The molecule has 1 heterocycles. The van der Waals surface area contributed by atoms with E-state index in [2.05, 4.69) is 4.98 Å². The van der Waals surface area contributed by atoms with Crippen LogP contribution >= 0.6 is 0 Å². The molecule has 0 aliphatic rings. The molecule has 0 atom stereocenters. The third-order valence-electron chi connectivity index (χ3n) is 1.52. The van der Waals surface area contributed by atoms with Crippen molar-refractivity contribution in [2.75, 3.05) is 14.1 Å². The lowest BCUT2D eigenvalue weighted by Crippen LogP contribution is -2.03. The van der Waals surface area contributed by atoms with Crippen LogP contribution in [0.4, 0.5) is 4.39 Å². The fourth-order valence-corrected chi connectivity index (χ4v) is 0.985. The zero-order valence-corrected chi connectivity index (χ0v) is 8.03. The minimum absolute atomic E-state index is 0.0868. The summed E-state index contributed by atoms with van der Waals surface area (Å²) in [5.41, 5.74) is 0.303. The first-order valence-corrected chi connectivity index (χ1v) is 4.04. The number of allylic oxidation sites excluding steroid dienone is 1. The summed E-state index contributed by atoms with van der Waals surface area (Å²) in [6.07, 6.45) is 2.99. The average molecular weight is 191 g/mol. The molecule has 0 spiro atoms. The number of hydrogen-bond acceptors (Lipinski definition) is 3. The normalized spacial score (nSPS) is 10.9. The van der Waals surface area contributed by atoms with Crippen molar-refractivity contribution >= 4 is 5.57 Å². The van der Waals surface area contributed by atoms with Crippen molar-refractivity contribution in [2.45, 2.75) is 0 Å². The van der Waals surface area contributed by atoms with Crippen LogP contribution in [0.15, 0.2) is 24.5 Å². The van der Waals surface area contributed by atoms with Crippen molar-refractivity contribution in [2.24, 2.45) is 0 Å². The zero-order chi connectivity index (χ0) is 10.6. The van der Waals surface area contributed by atoms with Crippen LogP contribution in [0, 0.1) is 17.1 Å². The van der Waals surface area contributed by atoms with Gasteiger partial charge in [0.25, 0.3) is 0 Å². The van der Waals surface area contributed by atoms with Crippen molar-refractivity contribution < 1.29 is 4.39 Å². The van der Waals surface area contributed by atoms with Gasteiger partial charge in [0.2, 0.25) is 0 Å². The van der Waals surface area contributed by atoms with Gasteiger partial charge in [-0.2, -0.15) is 5.26 Å². The average Bonchev–Trinajstić information content (AvgIpc) is 2.15. The highest BCUT2D eigenvalue weighted by Crippen LogP contribution is 2.14. The molecule has 4 heteroatoms. The summed E-state index contributed by atoms with van der Waals surface area (Å²) >= 11 is 0. The molecule has 72 valence electrons. The van der Waals surface area contributed by atoms with E-state index in [9.17, 15) is 4.39 Å². The second-order valence-electron chi connectivity index (χ2n) is 2.95. The summed E-state index contributed by atoms with van der Waals surface area (Å²) in [4.78, 5) is 5.48. The lowest BCUT2D eigenvalue weighted by atomic mass is 10.2.